The second-order valence-corrected chi connectivity index (χ2v) is 6.98. The van der Waals surface area contributed by atoms with E-state index in [1.54, 1.807) is 12.1 Å². The Hall–Kier alpha value is -1.11. The number of hydrogen-bond donors (Lipinski definition) is 1. The molecule has 2 rings (SSSR count). The summed E-state index contributed by atoms with van der Waals surface area (Å²) in [5.41, 5.74) is 0. The fraction of sp³-hybridized carbons (Fsp3) is 0.571. The van der Waals surface area contributed by atoms with Crippen LogP contribution in [0.2, 0.25) is 0 Å². The predicted octanol–water partition coefficient (Wildman–Crippen LogP) is 1.44. The van der Waals surface area contributed by atoms with Crippen molar-refractivity contribution >= 4 is 10.0 Å². The van der Waals surface area contributed by atoms with Crippen molar-refractivity contribution in [2.24, 2.45) is 11.1 Å². The van der Waals surface area contributed by atoms with Gasteiger partial charge in [0.05, 0.1) is 4.90 Å². The van der Waals surface area contributed by atoms with Gasteiger partial charge in [0.1, 0.15) is 12.4 Å². The molecule has 1 aliphatic carbocycles. The van der Waals surface area contributed by atoms with Gasteiger partial charge in [0.25, 0.3) is 0 Å². The summed E-state index contributed by atoms with van der Waals surface area (Å²) in [5.74, 6) is 1.50. The number of sulfonamides is 1. The highest BCUT2D eigenvalue weighted by atomic mass is 32.2. The molecule has 0 heterocycles. The lowest BCUT2D eigenvalue weighted by atomic mass is 10.2. The van der Waals surface area contributed by atoms with E-state index < -0.39 is 10.0 Å². The third-order valence-corrected chi connectivity index (χ3v) is 4.79. The van der Waals surface area contributed by atoms with Gasteiger partial charge in [0, 0.05) is 12.6 Å². The maximum absolute atomic E-state index is 11.1. The first-order chi connectivity index (χ1) is 9.38. The fourth-order valence-corrected chi connectivity index (χ4v) is 2.69. The van der Waals surface area contributed by atoms with Crippen LogP contribution < -0.4 is 9.88 Å². The van der Waals surface area contributed by atoms with Crippen LogP contribution in [0.3, 0.4) is 0 Å². The fourth-order valence-electron chi connectivity index (χ4n) is 2.18. The molecule has 0 radical (unpaired) electrons. The van der Waals surface area contributed by atoms with Crippen LogP contribution in [-0.2, 0) is 10.0 Å². The van der Waals surface area contributed by atoms with Gasteiger partial charge in [-0.05, 0) is 57.0 Å². The molecule has 5 nitrogen and oxygen atoms in total. The molecule has 6 heteroatoms. The normalized spacial score (nSPS) is 17.2. The lowest BCUT2D eigenvalue weighted by Gasteiger charge is -2.24. The van der Waals surface area contributed by atoms with Gasteiger partial charge >= 0.3 is 0 Å². The van der Waals surface area contributed by atoms with Crippen molar-refractivity contribution in [1.82, 2.24) is 4.90 Å². The highest BCUT2D eigenvalue weighted by molar-refractivity contribution is 7.89. The van der Waals surface area contributed by atoms with E-state index in [0.29, 0.717) is 18.4 Å². The van der Waals surface area contributed by atoms with Crippen molar-refractivity contribution in [1.29, 1.82) is 0 Å². The predicted molar refractivity (Wildman–Crippen MR) is 78.1 cm³/mol. The lowest BCUT2D eigenvalue weighted by molar-refractivity contribution is 0.186. The van der Waals surface area contributed by atoms with Gasteiger partial charge in [-0.3, -0.25) is 0 Å². The number of ether oxygens (including phenoxy) is 1. The molecule has 1 fully saturated rings. The van der Waals surface area contributed by atoms with E-state index in [4.69, 9.17) is 9.88 Å². The minimum atomic E-state index is -3.63. The molecular weight excluding hydrogens is 276 g/mol. The Bertz CT molecular complexity index is 538. The molecule has 1 aliphatic rings. The van der Waals surface area contributed by atoms with E-state index in [1.165, 1.54) is 25.0 Å². The highest BCUT2D eigenvalue weighted by Crippen LogP contribution is 2.34. The van der Waals surface area contributed by atoms with Gasteiger partial charge in [-0.1, -0.05) is 0 Å². The molecule has 1 saturated carbocycles. The van der Waals surface area contributed by atoms with E-state index in [9.17, 15) is 8.42 Å². The van der Waals surface area contributed by atoms with Crippen LogP contribution in [0.5, 0.6) is 5.75 Å². The molecule has 0 aromatic heterocycles. The van der Waals surface area contributed by atoms with Gasteiger partial charge < -0.3 is 9.64 Å². The summed E-state index contributed by atoms with van der Waals surface area (Å²) in [5, 5.41) is 5.04. The zero-order chi connectivity index (χ0) is 14.8. The Morgan fingerprint density at radius 1 is 1.35 bits per heavy atom. The maximum atomic E-state index is 11.1. The topological polar surface area (TPSA) is 72.6 Å². The summed E-state index contributed by atoms with van der Waals surface area (Å²) in [7, 11) is -1.52. The largest absolute Gasteiger partial charge is 0.492 e. The van der Waals surface area contributed by atoms with E-state index in [0.717, 1.165) is 12.5 Å². The van der Waals surface area contributed by atoms with Gasteiger partial charge in [0.15, 0.2) is 0 Å². The van der Waals surface area contributed by atoms with E-state index in [1.807, 2.05) is 0 Å². The first-order valence-electron chi connectivity index (χ1n) is 6.84. The molecule has 20 heavy (non-hydrogen) atoms. The molecule has 1 atom stereocenters. The number of primary sulfonamides is 1. The summed E-state index contributed by atoms with van der Waals surface area (Å²) in [4.78, 5) is 2.40. The maximum Gasteiger partial charge on any atom is 0.238 e. The van der Waals surface area contributed by atoms with Crippen LogP contribution in [0.15, 0.2) is 29.2 Å². The van der Waals surface area contributed by atoms with Gasteiger partial charge in [-0.15, -0.1) is 0 Å². The van der Waals surface area contributed by atoms with Crippen LogP contribution in [0.25, 0.3) is 0 Å². The second-order valence-electron chi connectivity index (χ2n) is 5.42. The quantitative estimate of drug-likeness (QED) is 0.827. The number of rotatable bonds is 7. The van der Waals surface area contributed by atoms with Crippen LogP contribution >= 0.6 is 0 Å². The van der Waals surface area contributed by atoms with Crippen molar-refractivity contribution in [3.63, 3.8) is 0 Å². The van der Waals surface area contributed by atoms with Crippen molar-refractivity contribution in [3.8, 4) is 5.75 Å². The molecule has 0 bridgehead atoms. The average molecular weight is 298 g/mol. The Morgan fingerprint density at radius 2 is 1.95 bits per heavy atom. The van der Waals surface area contributed by atoms with Crippen molar-refractivity contribution in [2.75, 3.05) is 20.2 Å². The van der Waals surface area contributed by atoms with Crippen LogP contribution in [0.1, 0.15) is 19.8 Å². The highest BCUT2D eigenvalue weighted by Gasteiger charge is 2.30. The molecule has 2 N–H and O–H groups in total. The molecule has 0 amide bonds. The summed E-state index contributed by atoms with van der Waals surface area (Å²) in [6, 6.07) is 6.78. The smallest absolute Gasteiger partial charge is 0.238 e. The molecular formula is C14H22N2O3S. The summed E-state index contributed by atoms with van der Waals surface area (Å²) in [6.07, 6.45) is 2.67. The second kappa shape index (κ2) is 6.11. The minimum Gasteiger partial charge on any atom is -0.492 e. The molecule has 0 aliphatic heterocycles. The van der Waals surface area contributed by atoms with Crippen molar-refractivity contribution in [3.05, 3.63) is 24.3 Å². The number of likely N-dealkylation sites (N-methyl/N-ethyl adjacent to an activating group) is 1. The SMILES string of the molecule is C[C@@H](C1CC1)N(C)CCOc1ccc(S(N)(=O)=O)cc1. The van der Waals surface area contributed by atoms with Crippen molar-refractivity contribution in [2.45, 2.75) is 30.7 Å². The zero-order valence-electron chi connectivity index (χ0n) is 12.0. The zero-order valence-corrected chi connectivity index (χ0v) is 12.8. The lowest BCUT2D eigenvalue weighted by Crippen LogP contribution is -2.34. The third kappa shape index (κ3) is 4.19. The number of hydrogen-bond acceptors (Lipinski definition) is 4. The molecule has 0 spiro atoms. The summed E-state index contributed by atoms with van der Waals surface area (Å²) < 4.78 is 27.9. The minimum absolute atomic E-state index is 0.101. The summed E-state index contributed by atoms with van der Waals surface area (Å²) >= 11 is 0. The molecule has 112 valence electrons. The first-order valence-corrected chi connectivity index (χ1v) is 8.38. The van der Waals surface area contributed by atoms with Crippen LogP contribution in [-0.4, -0.2) is 39.6 Å². The van der Waals surface area contributed by atoms with E-state index in [2.05, 4.69) is 18.9 Å². The van der Waals surface area contributed by atoms with E-state index in [-0.39, 0.29) is 4.90 Å². The Labute approximate surface area is 120 Å². The number of benzene rings is 1. The van der Waals surface area contributed by atoms with Gasteiger partial charge in [0.2, 0.25) is 10.0 Å². The first kappa shape index (κ1) is 15.3. The van der Waals surface area contributed by atoms with E-state index >= 15 is 0 Å². The van der Waals surface area contributed by atoms with Gasteiger partial charge in [-0.2, -0.15) is 0 Å². The molecule has 0 saturated heterocycles. The van der Waals surface area contributed by atoms with Gasteiger partial charge in [-0.25, -0.2) is 13.6 Å². The third-order valence-electron chi connectivity index (χ3n) is 3.86. The Morgan fingerprint density at radius 3 is 2.45 bits per heavy atom. The number of nitrogens with two attached hydrogens (primary N) is 1. The monoisotopic (exact) mass is 298 g/mol. The Kier molecular flexibility index (Phi) is 4.67. The van der Waals surface area contributed by atoms with Crippen molar-refractivity contribution < 1.29 is 13.2 Å². The molecule has 1 aromatic carbocycles. The number of nitrogens with zero attached hydrogens (tertiary/aromatic N) is 1. The van der Waals surface area contributed by atoms with Crippen LogP contribution in [0, 0.1) is 5.92 Å². The molecule has 0 unspecified atom stereocenters. The van der Waals surface area contributed by atoms with Crippen LogP contribution in [0.4, 0.5) is 0 Å². The Balaban J connectivity index is 1.79. The standard InChI is InChI=1S/C14H22N2O3S/c1-11(12-3-4-12)16(2)9-10-19-13-5-7-14(8-6-13)20(15,17)18/h5-8,11-12H,3-4,9-10H2,1-2H3,(H2,15,17,18)/t11-/m0/s1. The average Bonchev–Trinajstić information content (AvgIpc) is 3.21. The molecule has 1 aromatic rings. The summed E-state index contributed by atoms with van der Waals surface area (Å²) in [6.45, 7) is 3.69.